The van der Waals surface area contributed by atoms with Crippen LogP contribution in [-0.4, -0.2) is 30.2 Å². The van der Waals surface area contributed by atoms with Crippen LogP contribution >= 0.6 is 0 Å². The average molecular weight is 236 g/mol. The van der Waals surface area contributed by atoms with E-state index in [0.29, 0.717) is 0 Å². The summed E-state index contributed by atoms with van der Waals surface area (Å²) in [4.78, 5) is 20.4. The quantitative estimate of drug-likeness (QED) is 0.611. The van der Waals surface area contributed by atoms with Crippen molar-refractivity contribution in [3.05, 3.63) is 0 Å². The van der Waals surface area contributed by atoms with Crippen LogP contribution in [0.15, 0.2) is 0 Å². The van der Waals surface area contributed by atoms with Gasteiger partial charge in [0.15, 0.2) is 0 Å². The largest absolute Gasteiger partial charge is 0.480 e. The zero-order valence-electron chi connectivity index (χ0n) is 6.11. The molecular weight excluding hydrogens is 227 g/mol. The van der Waals surface area contributed by atoms with Gasteiger partial charge in [0.25, 0.3) is 0 Å². The summed E-state index contributed by atoms with van der Waals surface area (Å²) < 4.78 is 4.19. The van der Waals surface area contributed by atoms with E-state index in [1.165, 1.54) is 7.11 Å². The standard InChI is InChI=1S/C5H9NO4.Y/c1-10-4(7)2-3(6)5(8)9;/h3H,2,6H2,1H3,(H,8,9);. The summed E-state index contributed by atoms with van der Waals surface area (Å²) in [6.45, 7) is 0. The monoisotopic (exact) mass is 236 g/mol. The van der Waals surface area contributed by atoms with Crippen LogP contribution in [0.1, 0.15) is 6.42 Å². The van der Waals surface area contributed by atoms with E-state index in [9.17, 15) is 9.59 Å². The van der Waals surface area contributed by atoms with E-state index < -0.39 is 18.0 Å². The van der Waals surface area contributed by atoms with E-state index in [2.05, 4.69) is 4.74 Å². The second kappa shape index (κ2) is 6.70. The molecule has 3 N–H and O–H groups in total. The minimum atomic E-state index is -1.20. The Morgan fingerprint density at radius 3 is 2.36 bits per heavy atom. The molecule has 0 saturated carbocycles. The number of carboxylic acids is 1. The number of hydrogen-bond acceptors (Lipinski definition) is 4. The van der Waals surface area contributed by atoms with E-state index in [1.54, 1.807) is 0 Å². The Bertz CT molecular complexity index is 149. The van der Waals surface area contributed by atoms with Crippen molar-refractivity contribution >= 4 is 11.9 Å². The maximum absolute atomic E-state index is 10.4. The summed E-state index contributed by atoms with van der Waals surface area (Å²) in [5.41, 5.74) is 4.99. The average Bonchev–Trinajstić information content (AvgIpc) is 1.87. The van der Waals surface area contributed by atoms with Gasteiger partial charge in [-0.2, -0.15) is 0 Å². The van der Waals surface area contributed by atoms with Crippen LogP contribution < -0.4 is 5.73 Å². The molecule has 0 heterocycles. The molecule has 0 bridgehead atoms. The zero-order chi connectivity index (χ0) is 8.15. The fraction of sp³-hybridized carbons (Fsp3) is 0.600. The summed E-state index contributed by atoms with van der Waals surface area (Å²) >= 11 is 0. The first-order chi connectivity index (χ1) is 4.57. The Kier molecular flexibility index (Phi) is 8.27. The first-order valence-electron chi connectivity index (χ1n) is 2.63. The van der Waals surface area contributed by atoms with Gasteiger partial charge >= 0.3 is 11.9 Å². The van der Waals surface area contributed by atoms with Crippen molar-refractivity contribution < 1.29 is 52.1 Å². The van der Waals surface area contributed by atoms with E-state index >= 15 is 0 Å². The molecule has 0 spiro atoms. The van der Waals surface area contributed by atoms with Crippen LogP contribution in [0.5, 0.6) is 0 Å². The minimum absolute atomic E-state index is 0. The van der Waals surface area contributed by atoms with Crippen molar-refractivity contribution in [1.29, 1.82) is 0 Å². The van der Waals surface area contributed by atoms with Crippen molar-refractivity contribution in [2.75, 3.05) is 7.11 Å². The van der Waals surface area contributed by atoms with Gasteiger partial charge in [-0.15, -0.1) is 0 Å². The van der Waals surface area contributed by atoms with Gasteiger partial charge in [0.1, 0.15) is 6.04 Å². The maximum Gasteiger partial charge on any atom is 0.321 e. The predicted octanol–water partition coefficient (Wildman–Crippen LogP) is -1.04. The number of ether oxygens (including phenoxy) is 1. The number of carboxylic acid groups (broad SMARTS) is 1. The van der Waals surface area contributed by atoms with Crippen LogP contribution in [0.25, 0.3) is 0 Å². The van der Waals surface area contributed by atoms with Crippen LogP contribution in [0.4, 0.5) is 0 Å². The zero-order valence-corrected chi connectivity index (χ0v) is 8.95. The Morgan fingerprint density at radius 2 is 2.09 bits per heavy atom. The fourth-order valence-corrected chi connectivity index (χ4v) is 0.350. The van der Waals surface area contributed by atoms with Crippen LogP contribution in [0.2, 0.25) is 0 Å². The summed E-state index contributed by atoms with van der Waals surface area (Å²) in [7, 11) is 1.18. The third-order valence-electron chi connectivity index (χ3n) is 0.931. The Labute approximate surface area is 89.2 Å². The molecule has 6 heteroatoms. The molecule has 11 heavy (non-hydrogen) atoms. The summed E-state index contributed by atoms with van der Waals surface area (Å²) in [6, 6.07) is -1.16. The van der Waals surface area contributed by atoms with Crippen molar-refractivity contribution in [3.8, 4) is 0 Å². The van der Waals surface area contributed by atoms with Gasteiger partial charge < -0.3 is 15.6 Å². The molecule has 1 atom stereocenters. The molecule has 0 aliphatic rings. The second-order valence-corrected chi connectivity index (χ2v) is 1.72. The second-order valence-electron chi connectivity index (χ2n) is 1.72. The Balaban J connectivity index is 0. The first kappa shape index (κ1) is 13.6. The summed E-state index contributed by atoms with van der Waals surface area (Å²) in [6.07, 6.45) is -0.286. The number of nitrogens with two attached hydrogens (primary N) is 1. The van der Waals surface area contributed by atoms with E-state index in [0.717, 1.165) is 0 Å². The maximum atomic E-state index is 10.4. The minimum Gasteiger partial charge on any atom is -0.480 e. The van der Waals surface area contributed by atoms with Crippen LogP contribution in [0, 0.1) is 0 Å². The topological polar surface area (TPSA) is 89.6 Å². The van der Waals surface area contributed by atoms with Gasteiger partial charge in [0.05, 0.1) is 13.5 Å². The Morgan fingerprint density at radius 1 is 1.64 bits per heavy atom. The smallest absolute Gasteiger partial charge is 0.321 e. The van der Waals surface area contributed by atoms with Gasteiger partial charge in [-0.1, -0.05) is 0 Å². The number of aliphatic carboxylic acids is 1. The van der Waals surface area contributed by atoms with Crippen molar-refractivity contribution in [2.24, 2.45) is 5.73 Å². The number of esters is 1. The van der Waals surface area contributed by atoms with Crippen LogP contribution in [-0.2, 0) is 47.0 Å². The molecule has 0 rings (SSSR count). The molecule has 1 unspecified atom stereocenters. The molecule has 0 aliphatic carbocycles. The summed E-state index contributed by atoms with van der Waals surface area (Å²) in [5, 5.41) is 8.19. The number of carbonyl (C=O) groups excluding carboxylic acids is 1. The molecule has 0 aromatic carbocycles. The van der Waals surface area contributed by atoms with Crippen LogP contribution in [0.3, 0.4) is 0 Å². The van der Waals surface area contributed by atoms with Gasteiger partial charge in [0, 0.05) is 32.7 Å². The van der Waals surface area contributed by atoms with E-state index in [-0.39, 0.29) is 39.1 Å². The third-order valence-corrected chi connectivity index (χ3v) is 0.931. The number of rotatable bonds is 3. The van der Waals surface area contributed by atoms with E-state index in [4.69, 9.17) is 10.8 Å². The third kappa shape index (κ3) is 6.40. The van der Waals surface area contributed by atoms with Crippen molar-refractivity contribution in [1.82, 2.24) is 0 Å². The molecule has 0 aliphatic heterocycles. The fourth-order valence-electron chi connectivity index (χ4n) is 0.350. The normalized spacial score (nSPS) is 11.1. The molecular formula is C5H9NO4Y. The molecule has 0 amide bonds. The van der Waals surface area contributed by atoms with Crippen molar-refractivity contribution in [2.45, 2.75) is 12.5 Å². The predicted molar refractivity (Wildman–Crippen MR) is 32.2 cm³/mol. The molecule has 0 saturated heterocycles. The van der Waals surface area contributed by atoms with Gasteiger partial charge in [-0.3, -0.25) is 9.59 Å². The van der Waals surface area contributed by atoms with Crippen molar-refractivity contribution in [3.63, 3.8) is 0 Å². The van der Waals surface area contributed by atoms with E-state index in [1.807, 2.05) is 0 Å². The van der Waals surface area contributed by atoms with Gasteiger partial charge in [-0.25, -0.2) is 0 Å². The SMILES string of the molecule is COC(=O)CC(N)C(=O)O.[Y]. The molecule has 61 valence electrons. The number of methoxy groups -OCH3 is 1. The molecule has 0 fully saturated rings. The number of hydrogen-bond donors (Lipinski definition) is 2. The first-order valence-corrected chi connectivity index (χ1v) is 2.63. The molecule has 5 nitrogen and oxygen atoms in total. The molecule has 0 aromatic rings. The van der Waals surface area contributed by atoms with Gasteiger partial charge in [0.2, 0.25) is 0 Å². The molecule has 1 radical (unpaired) electrons. The van der Waals surface area contributed by atoms with Gasteiger partial charge in [-0.05, 0) is 0 Å². The number of carbonyl (C=O) groups is 2. The Hall–Kier alpha value is 0.00390. The summed E-state index contributed by atoms with van der Waals surface area (Å²) in [5.74, 6) is -1.82. The molecule has 0 aromatic heterocycles.